The van der Waals surface area contributed by atoms with Crippen molar-refractivity contribution in [3.05, 3.63) is 132 Å². The van der Waals surface area contributed by atoms with Crippen molar-refractivity contribution >= 4 is 50.6 Å². The molecule has 0 radical (unpaired) electrons. The number of halogens is 1. The number of nitrogens with zero attached hydrogens (tertiary/aromatic N) is 2. The van der Waals surface area contributed by atoms with Crippen LogP contribution in [0, 0.1) is 11.3 Å². The second-order valence-corrected chi connectivity index (χ2v) is 16.2. The van der Waals surface area contributed by atoms with E-state index in [0.29, 0.717) is 28.6 Å². The molecule has 0 saturated carbocycles. The summed E-state index contributed by atoms with van der Waals surface area (Å²) in [6.07, 6.45) is 5.16. The van der Waals surface area contributed by atoms with Crippen molar-refractivity contribution in [1.82, 2.24) is 10.3 Å². The van der Waals surface area contributed by atoms with Gasteiger partial charge in [-0.3, -0.25) is 4.79 Å². The zero-order valence-corrected chi connectivity index (χ0v) is 30.7. The maximum Gasteiger partial charge on any atom is 0.257 e. The Morgan fingerprint density at radius 3 is 1.98 bits per heavy atom. The first-order valence-electron chi connectivity index (χ1n) is 16.3. The van der Waals surface area contributed by atoms with Crippen molar-refractivity contribution < 1.29 is 36.4 Å². The summed E-state index contributed by atoms with van der Waals surface area (Å²) in [5, 5.41) is 27.1. The zero-order chi connectivity index (χ0) is 33.9. The van der Waals surface area contributed by atoms with Gasteiger partial charge in [-0.1, -0.05) is 61.0 Å². The standard InChI is InChI=1S/C40H36N3O4PS.BrH/c41-28-40-43-35-22-20-31(27-38(35)49-40)47-37-23-21-30(26-36(37)44)46-29-39(45)42-24-12-1-2-13-25-48(32-14-6-3-7-15-32,33-16-8-4-9-17-33)34-18-10-5-11-19-34;/h3-11,14-23,26-27H,1-2,12-13,24-25,29H2,(H-,42,44,45);1H. The van der Waals surface area contributed by atoms with Gasteiger partial charge in [-0.2, -0.15) is 5.26 Å². The van der Waals surface area contributed by atoms with E-state index in [4.69, 9.17) is 14.7 Å². The fraction of sp³-hybridized carbons (Fsp3) is 0.175. The first-order valence-corrected chi connectivity index (χ1v) is 19.1. The Kier molecular flexibility index (Phi) is 13.0. The van der Waals surface area contributed by atoms with Gasteiger partial charge >= 0.3 is 0 Å². The molecule has 0 unspecified atom stereocenters. The average Bonchev–Trinajstić information content (AvgIpc) is 3.57. The van der Waals surface area contributed by atoms with Crippen LogP contribution in [-0.4, -0.2) is 35.3 Å². The van der Waals surface area contributed by atoms with E-state index in [9.17, 15) is 9.90 Å². The number of nitrogens with one attached hydrogen (secondary N) is 1. The Balaban J connectivity index is 0.00000486. The molecule has 1 heterocycles. The Morgan fingerprint density at radius 1 is 0.780 bits per heavy atom. The van der Waals surface area contributed by atoms with Crippen molar-refractivity contribution in [1.29, 1.82) is 5.26 Å². The molecule has 0 aliphatic heterocycles. The number of benzene rings is 5. The summed E-state index contributed by atoms with van der Waals surface area (Å²) >= 11 is 1.27. The third-order valence-corrected chi connectivity index (χ3v) is 13.8. The summed E-state index contributed by atoms with van der Waals surface area (Å²) in [5.41, 5.74) is 0.717. The second-order valence-electron chi connectivity index (χ2n) is 11.6. The van der Waals surface area contributed by atoms with Gasteiger partial charge in [0.25, 0.3) is 5.91 Å². The first kappa shape index (κ1) is 36.5. The first-order chi connectivity index (χ1) is 24.0. The van der Waals surface area contributed by atoms with Crippen LogP contribution in [-0.2, 0) is 4.79 Å². The SMILES string of the molecule is N#Cc1nc2ccc(Oc3ccc(OCC(=O)NCCCCCC[P+](c4ccccc4)(c4ccccc4)c4ccccc4)cc3O)cc2s1.[Br-]. The lowest BCUT2D eigenvalue weighted by atomic mass is 10.2. The van der Waals surface area contributed by atoms with E-state index in [1.54, 1.807) is 30.3 Å². The number of phenols is 1. The van der Waals surface area contributed by atoms with Gasteiger partial charge in [0.15, 0.2) is 23.1 Å². The fourth-order valence-electron chi connectivity index (χ4n) is 5.95. The van der Waals surface area contributed by atoms with Crippen LogP contribution in [0.15, 0.2) is 127 Å². The number of unbranched alkanes of at least 4 members (excludes halogenated alkanes) is 3. The molecule has 0 fully saturated rings. The summed E-state index contributed by atoms with van der Waals surface area (Å²) in [7, 11) is -1.82. The lowest BCUT2D eigenvalue weighted by molar-refractivity contribution is -0.123. The molecule has 50 heavy (non-hydrogen) atoms. The topological polar surface area (TPSA) is 104 Å². The van der Waals surface area contributed by atoms with Gasteiger partial charge in [0, 0.05) is 18.7 Å². The number of aromatic hydroxyl groups is 1. The molecule has 0 atom stereocenters. The highest BCUT2D eigenvalue weighted by Crippen LogP contribution is 2.56. The number of amides is 1. The third kappa shape index (κ3) is 8.88. The zero-order valence-electron chi connectivity index (χ0n) is 27.4. The number of carbonyl (C=O) groups is 1. The average molecular weight is 767 g/mol. The van der Waals surface area contributed by atoms with Crippen LogP contribution in [0.4, 0.5) is 0 Å². The molecule has 1 aromatic heterocycles. The summed E-state index contributed by atoms with van der Waals surface area (Å²) in [5.74, 6) is 0.791. The summed E-state index contributed by atoms with van der Waals surface area (Å²) in [6.45, 7) is 0.428. The van der Waals surface area contributed by atoms with E-state index < -0.39 is 7.26 Å². The molecule has 0 spiro atoms. The molecule has 5 aromatic carbocycles. The second kappa shape index (κ2) is 17.8. The van der Waals surface area contributed by atoms with Crippen LogP contribution in [0.5, 0.6) is 23.0 Å². The Hall–Kier alpha value is -4.74. The normalized spacial score (nSPS) is 10.9. The van der Waals surface area contributed by atoms with E-state index in [1.165, 1.54) is 33.3 Å². The molecule has 0 aliphatic carbocycles. The molecule has 254 valence electrons. The summed E-state index contributed by atoms with van der Waals surface area (Å²) in [4.78, 5) is 16.7. The molecule has 6 rings (SSSR count). The number of phenolic OH excluding ortho intramolecular Hbond substituents is 1. The maximum absolute atomic E-state index is 12.5. The number of rotatable bonds is 15. The van der Waals surface area contributed by atoms with Crippen LogP contribution < -0.4 is 47.7 Å². The fourth-order valence-corrected chi connectivity index (χ4v) is 11.2. The van der Waals surface area contributed by atoms with Gasteiger partial charge in [-0.15, -0.1) is 11.3 Å². The Labute approximate surface area is 307 Å². The number of hydrogen-bond donors (Lipinski definition) is 2. The van der Waals surface area contributed by atoms with Crippen molar-refractivity contribution in [3.63, 3.8) is 0 Å². The van der Waals surface area contributed by atoms with E-state index in [-0.39, 0.29) is 41.0 Å². The van der Waals surface area contributed by atoms with Crippen LogP contribution in [0.3, 0.4) is 0 Å². The van der Waals surface area contributed by atoms with Gasteiger partial charge in [0.05, 0.1) is 16.4 Å². The highest BCUT2D eigenvalue weighted by atomic mass is 79.9. The van der Waals surface area contributed by atoms with Crippen LogP contribution >= 0.6 is 18.6 Å². The lowest BCUT2D eigenvalue weighted by Crippen LogP contribution is -3.00. The monoisotopic (exact) mass is 765 g/mol. The largest absolute Gasteiger partial charge is 1.00 e. The van der Waals surface area contributed by atoms with Crippen LogP contribution in [0.2, 0.25) is 0 Å². The molecular formula is C40H37BrN3O4PS. The molecular weight excluding hydrogens is 729 g/mol. The van der Waals surface area contributed by atoms with Gasteiger partial charge in [0.1, 0.15) is 40.7 Å². The maximum atomic E-state index is 12.5. The molecule has 6 aromatic rings. The minimum absolute atomic E-state index is 0. The Morgan fingerprint density at radius 2 is 1.38 bits per heavy atom. The van der Waals surface area contributed by atoms with Crippen molar-refractivity contribution in [2.75, 3.05) is 19.3 Å². The number of aromatic nitrogens is 1. The number of carbonyl (C=O) groups excluding carboxylic acids is 1. The number of thiazole rings is 1. The van der Waals surface area contributed by atoms with E-state index in [1.807, 2.05) is 6.07 Å². The third-order valence-electron chi connectivity index (χ3n) is 8.32. The van der Waals surface area contributed by atoms with Crippen molar-refractivity contribution in [2.45, 2.75) is 25.7 Å². The molecule has 0 saturated heterocycles. The Bertz CT molecular complexity index is 1940. The van der Waals surface area contributed by atoms with Gasteiger partial charge in [0.2, 0.25) is 0 Å². The minimum Gasteiger partial charge on any atom is -1.00 e. The highest BCUT2D eigenvalue weighted by molar-refractivity contribution is 7.95. The number of hydrogen-bond acceptors (Lipinski definition) is 7. The predicted molar refractivity (Wildman–Crippen MR) is 200 cm³/mol. The number of ether oxygens (including phenoxy) is 2. The molecule has 0 bridgehead atoms. The van der Waals surface area contributed by atoms with E-state index in [2.05, 4.69) is 101 Å². The quantitative estimate of drug-likeness (QED) is 0.116. The van der Waals surface area contributed by atoms with Gasteiger partial charge in [-0.25, -0.2) is 4.98 Å². The van der Waals surface area contributed by atoms with E-state index >= 15 is 0 Å². The van der Waals surface area contributed by atoms with Crippen LogP contribution in [0.1, 0.15) is 30.7 Å². The molecule has 1 amide bonds. The summed E-state index contributed by atoms with van der Waals surface area (Å²) in [6, 6.07) is 44.8. The lowest BCUT2D eigenvalue weighted by Gasteiger charge is -2.27. The minimum atomic E-state index is -1.82. The molecule has 0 aliphatic rings. The number of nitriles is 1. The summed E-state index contributed by atoms with van der Waals surface area (Å²) < 4.78 is 12.3. The van der Waals surface area contributed by atoms with Crippen LogP contribution in [0.25, 0.3) is 10.2 Å². The van der Waals surface area contributed by atoms with E-state index in [0.717, 1.165) is 36.5 Å². The predicted octanol–water partition coefficient (Wildman–Crippen LogP) is 4.72. The molecule has 10 heteroatoms. The molecule has 2 N–H and O–H groups in total. The molecule has 7 nitrogen and oxygen atoms in total. The highest BCUT2D eigenvalue weighted by Gasteiger charge is 2.44. The van der Waals surface area contributed by atoms with Gasteiger partial charge < -0.3 is 36.9 Å². The number of fused-ring (bicyclic) bond motifs is 1. The van der Waals surface area contributed by atoms with Gasteiger partial charge in [-0.05, 0) is 79.9 Å². The smallest absolute Gasteiger partial charge is 0.257 e. The van der Waals surface area contributed by atoms with Crippen molar-refractivity contribution in [3.8, 4) is 29.1 Å². The van der Waals surface area contributed by atoms with Crippen molar-refractivity contribution in [2.24, 2.45) is 0 Å².